The first-order valence-corrected chi connectivity index (χ1v) is 34.3. The maximum absolute atomic E-state index is 8.84. The molecule has 5 fully saturated rings. The predicted octanol–water partition coefficient (Wildman–Crippen LogP) is 14.1. The van der Waals surface area contributed by atoms with Gasteiger partial charge in [-0.1, -0.05) is 130 Å². The summed E-state index contributed by atoms with van der Waals surface area (Å²) >= 11 is 0. The molecule has 1 aliphatic heterocycles. The SMILES string of the molecule is CCCCOC(C)[Si]1(C2CCCCC2)O[Si](C2CCCCC2)(C(C)OCCCC)O[Si](C2CCCCC2)(C(C)OCCCC)O[Si](C2CCCCC2)(C(C)OCCCC)O1. The summed E-state index contributed by atoms with van der Waals surface area (Å²) in [5, 5.41) is 0. The van der Waals surface area contributed by atoms with Crippen LogP contribution in [0.25, 0.3) is 0 Å². The van der Waals surface area contributed by atoms with Gasteiger partial charge in [-0.2, -0.15) is 0 Å². The van der Waals surface area contributed by atoms with E-state index in [1.807, 2.05) is 0 Å². The maximum Gasteiger partial charge on any atom is 0.353 e. The van der Waals surface area contributed by atoms with E-state index < -0.39 is 34.2 Å². The summed E-state index contributed by atoms with van der Waals surface area (Å²) in [6, 6.07) is 0. The van der Waals surface area contributed by atoms with Crippen LogP contribution >= 0.6 is 0 Å². The lowest BCUT2D eigenvalue weighted by Crippen LogP contribution is -2.82. The predicted molar refractivity (Wildman–Crippen MR) is 256 cm³/mol. The van der Waals surface area contributed by atoms with E-state index in [1.54, 1.807) is 0 Å². The lowest BCUT2D eigenvalue weighted by Gasteiger charge is -2.62. The van der Waals surface area contributed by atoms with Gasteiger partial charge in [0.2, 0.25) is 0 Å². The van der Waals surface area contributed by atoms with Crippen LogP contribution in [-0.4, -0.2) is 83.6 Å². The highest BCUT2D eigenvalue weighted by Gasteiger charge is 2.74. The number of ether oxygens (including phenoxy) is 4. The van der Waals surface area contributed by atoms with Gasteiger partial charge in [-0.25, -0.2) is 0 Å². The normalized spacial score (nSPS) is 33.2. The van der Waals surface area contributed by atoms with Crippen molar-refractivity contribution in [1.29, 1.82) is 0 Å². The Balaban J connectivity index is 1.87. The fraction of sp³-hybridized carbons (Fsp3) is 1.00. The van der Waals surface area contributed by atoms with Gasteiger partial charge in [0.25, 0.3) is 0 Å². The first-order chi connectivity index (χ1) is 29.2. The molecular formula is C48H96O8Si4. The molecule has 1 saturated heterocycles. The van der Waals surface area contributed by atoms with Crippen molar-refractivity contribution in [2.75, 3.05) is 26.4 Å². The van der Waals surface area contributed by atoms with Crippen molar-refractivity contribution < 1.29 is 35.4 Å². The molecule has 352 valence electrons. The molecule has 0 spiro atoms. The molecule has 0 aromatic heterocycles. The lowest BCUT2D eigenvalue weighted by atomic mass is 10.0. The summed E-state index contributed by atoms with van der Waals surface area (Å²) in [5.41, 5.74) is 0.636. The van der Waals surface area contributed by atoms with Crippen LogP contribution in [-0.2, 0) is 35.4 Å². The Morgan fingerprint density at radius 3 is 0.683 bits per heavy atom. The molecule has 4 atom stereocenters. The summed E-state index contributed by atoms with van der Waals surface area (Å²) in [6.45, 7) is 21.5. The molecule has 0 aromatic carbocycles. The highest BCUT2D eigenvalue weighted by atomic mass is 28.5. The molecule has 0 N–H and O–H groups in total. The summed E-state index contributed by atoms with van der Waals surface area (Å²) in [7, 11) is -13.5. The van der Waals surface area contributed by atoms with E-state index in [2.05, 4.69) is 55.4 Å². The first kappa shape index (κ1) is 51.5. The average Bonchev–Trinajstić information content (AvgIpc) is 3.28. The Hall–Kier alpha value is 0.548. The van der Waals surface area contributed by atoms with E-state index >= 15 is 0 Å². The van der Waals surface area contributed by atoms with Gasteiger partial charge in [-0.3, -0.25) is 0 Å². The summed E-state index contributed by atoms with van der Waals surface area (Å²) < 4.78 is 64.2. The molecule has 12 heteroatoms. The first-order valence-electron chi connectivity index (χ1n) is 26.4. The van der Waals surface area contributed by atoms with Gasteiger partial charge < -0.3 is 35.4 Å². The zero-order valence-corrected chi connectivity index (χ0v) is 44.5. The van der Waals surface area contributed by atoms with Crippen molar-refractivity contribution in [3.8, 4) is 0 Å². The highest BCUT2D eigenvalue weighted by molar-refractivity contribution is 6.97. The molecule has 1 heterocycles. The molecule has 0 bridgehead atoms. The Morgan fingerprint density at radius 2 is 0.517 bits per heavy atom. The summed E-state index contributed by atoms with van der Waals surface area (Å²) in [5.74, 6) is 0. The van der Waals surface area contributed by atoms with E-state index in [4.69, 9.17) is 35.4 Å². The van der Waals surface area contributed by atoms with E-state index in [9.17, 15) is 0 Å². The zero-order chi connectivity index (χ0) is 42.9. The molecular weight excluding hydrogens is 817 g/mol. The fourth-order valence-electron chi connectivity index (χ4n) is 11.8. The molecule has 0 amide bonds. The molecule has 0 radical (unpaired) electrons. The third kappa shape index (κ3) is 12.5. The Labute approximate surface area is 374 Å². The maximum atomic E-state index is 8.84. The van der Waals surface area contributed by atoms with Crippen molar-refractivity contribution in [3.63, 3.8) is 0 Å². The molecule has 4 saturated carbocycles. The highest BCUT2D eigenvalue weighted by Crippen LogP contribution is 2.57. The van der Waals surface area contributed by atoms with Crippen LogP contribution in [0, 0.1) is 0 Å². The Kier molecular flexibility index (Phi) is 22.4. The second kappa shape index (κ2) is 26.0. The van der Waals surface area contributed by atoms with E-state index in [0.717, 1.165) is 129 Å². The monoisotopic (exact) mass is 913 g/mol. The van der Waals surface area contributed by atoms with Crippen LogP contribution < -0.4 is 0 Å². The van der Waals surface area contributed by atoms with Gasteiger partial charge in [0.15, 0.2) is 0 Å². The van der Waals surface area contributed by atoms with Gasteiger partial charge in [0.05, 0.1) is 22.9 Å². The van der Waals surface area contributed by atoms with Gasteiger partial charge >= 0.3 is 34.2 Å². The standard InChI is InChI=1S/C48H96O8Si4/c1-9-13-37-49-41(5)57(45-29-21-17-22-30-45)53-58(42(6)50-38-14-10-2,46-31-23-18-24-32-46)55-60(44(8)52-40-16-12-4,48-35-27-20-28-36-48)56-59(54-57,43(7)51-39-15-11-3)47-33-25-19-26-34-47/h41-48H,9-40H2,1-8H3. The van der Waals surface area contributed by atoms with E-state index in [0.29, 0.717) is 22.2 Å². The van der Waals surface area contributed by atoms with Crippen molar-refractivity contribution in [3.05, 3.63) is 0 Å². The Bertz CT molecular complexity index is 975. The number of hydrogen-bond acceptors (Lipinski definition) is 8. The average molecular weight is 914 g/mol. The molecule has 60 heavy (non-hydrogen) atoms. The van der Waals surface area contributed by atoms with Crippen molar-refractivity contribution >= 4 is 34.2 Å². The molecule has 0 aromatic rings. The van der Waals surface area contributed by atoms with Crippen LogP contribution in [0.15, 0.2) is 0 Å². The molecule has 4 unspecified atom stereocenters. The van der Waals surface area contributed by atoms with Crippen LogP contribution in [0.2, 0.25) is 22.2 Å². The van der Waals surface area contributed by atoms with Gasteiger partial charge in [0, 0.05) is 48.6 Å². The number of rotatable bonds is 24. The van der Waals surface area contributed by atoms with Crippen LogP contribution in [0.5, 0.6) is 0 Å². The van der Waals surface area contributed by atoms with Gasteiger partial charge in [-0.05, 0) is 105 Å². The fourth-order valence-corrected chi connectivity index (χ4v) is 41.5. The lowest BCUT2D eigenvalue weighted by molar-refractivity contribution is 0.0142. The van der Waals surface area contributed by atoms with E-state index in [-0.39, 0.29) is 22.9 Å². The van der Waals surface area contributed by atoms with Gasteiger partial charge in [-0.15, -0.1) is 0 Å². The van der Waals surface area contributed by atoms with Gasteiger partial charge in [0.1, 0.15) is 0 Å². The van der Waals surface area contributed by atoms with Crippen LogP contribution in [0.3, 0.4) is 0 Å². The largest absolute Gasteiger partial charge is 0.412 e. The minimum Gasteiger partial charge on any atom is -0.412 e. The quantitative estimate of drug-likeness (QED) is 0.0700. The smallest absolute Gasteiger partial charge is 0.353 e. The summed E-state index contributed by atoms with van der Waals surface area (Å²) in [6.07, 6.45) is 32.6. The molecule has 5 rings (SSSR count). The topological polar surface area (TPSA) is 73.8 Å². The van der Waals surface area contributed by atoms with Crippen LogP contribution in [0.4, 0.5) is 0 Å². The zero-order valence-electron chi connectivity index (χ0n) is 40.5. The van der Waals surface area contributed by atoms with Crippen LogP contribution in [0.1, 0.15) is 235 Å². The molecule has 8 nitrogen and oxygen atoms in total. The second-order valence-electron chi connectivity index (χ2n) is 20.1. The third-order valence-electron chi connectivity index (χ3n) is 15.7. The van der Waals surface area contributed by atoms with E-state index in [1.165, 1.54) is 77.0 Å². The molecule has 4 aliphatic carbocycles. The second-order valence-corrected chi connectivity index (χ2v) is 35.7. The number of hydrogen-bond donors (Lipinski definition) is 0. The summed E-state index contributed by atoms with van der Waals surface area (Å²) in [4.78, 5) is 0. The van der Waals surface area contributed by atoms with Crippen molar-refractivity contribution in [2.24, 2.45) is 0 Å². The minimum atomic E-state index is -3.38. The Morgan fingerprint density at radius 1 is 0.333 bits per heavy atom. The van der Waals surface area contributed by atoms with Crippen molar-refractivity contribution in [2.45, 2.75) is 280 Å². The molecule has 5 aliphatic rings. The van der Waals surface area contributed by atoms with Crippen molar-refractivity contribution in [1.82, 2.24) is 0 Å². The number of unbranched alkanes of at least 4 members (excludes halogenated alkanes) is 4. The minimum absolute atomic E-state index is 0.155. The third-order valence-corrected chi connectivity index (χ3v) is 38.0.